The summed E-state index contributed by atoms with van der Waals surface area (Å²) in [5.74, 6) is 0.663. The van der Waals surface area contributed by atoms with Gasteiger partial charge in [-0.25, -0.2) is 9.97 Å². The quantitative estimate of drug-likeness (QED) is 0.915. The molecule has 21 heavy (non-hydrogen) atoms. The van der Waals surface area contributed by atoms with Gasteiger partial charge in [0.1, 0.15) is 5.82 Å². The molecule has 0 radical (unpaired) electrons. The lowest BCUT2D eigenvalue weighted by atomic mass is 9.98. The molecule has 0 saturated carbocycles. The number of hydrogen-bond acceptors (Lipinski definition) is 4. The van der Waals surface area contributed by atoms with Gasteiger partial charge in [0, 0.05) is 43.3 Å². The Morgan fingerprint density at radius 1 is 1.29 bits per heavy atom. The van der Waals surface area contributed by atoms with Crippen LogP contribution in [0.3, 0.4) is 0 Å². The van der Waals surface area contributed by atoms with Crippen LogP contribution >= 0.6 is 0 Å². The summed E-state index contributed by atoms with van der Waals surface area (Å²) in [4.78, 5) is 10.9. The molecule has 1 aliphatic heterocycles. The van der Waals surface area contributed by atoms with Crippen molar-refractivity contribution in [1.82, 2.24) is 19.4 Å². The maximum absolute atomic E-state index is 5.98. The van der Waals surface area contributed by atoms with E-state index in [9.17, 15) is 0 Å². The second-order valence-corrected chi connectivity index (χ2v) is 5.76. The van der Waals surface area contributed by atoms with Gasteiger partial charge < -0.3 is 10.3 Å². The largest absolute Gasteiger partial charge is 0.383 e. The fourth-order valence-corrected chi connectivity index (χ4v) is 3.12. The molecule has 112 valence electrons. The van der Waals surface area contributed by atoms with Crippen LogP contribution in [0, 0.1) is 0 Å². The molecule has 2 aromatic heterocycles. The first-order valence-corrected chi connectivity index (χ1v) is 7.72. The highest BCUT2D eigenvalue weighted by atomic mass is 15.2. The Balaban J connectivity index is 1.62. The predicted octanol–water partition coefficient (Wildman–Crippen LogP) is 2.31. The number of piperidine rings is 1. The molecule has 1 fully saturated rings. The van der Waals surface area contributed by atoms with Crippen LogP contribution in [0.4, 0.5) is 5.82 Å². The highest BCUT2D eigenvalue weighted by molar-refractivity contribution is 5.38. The van der Waals surface area contributed by atoms with Crippen molar-refractivity contribution in [3.63, 3.8) is 0 Å². The number of imidazole rings is 1. The number of anilines is 1. The number of hydrogen-bond donors (Lipinski definition) is 1. The molecule has 0 amide bonds. The summed E-state index contributed by atoms with van der Waals surface area (Å²) in [7, 11) is 0. The van der Waals surface area contributed by atoms with Gasteiger partial charge in [0.25, 0.3) is 0 Å². The van der Waals surface area contributed by atoms with Crippen LogP contribution in [0.25, 0.3) is 0 Å². The molecule has 0 aromatic carbocycles. The summed E-state index contributed by atoms with van der Waals surface area (Å²) in [5, 5.41) is 0. The van der Waals surface area contributed by atoms with E-state index >= 15 is 0 Å². The molecule has 1 unspecified atom stereocenters. The lowest BCUT2D eigenvalue weighted by molar-refractivity contribution is 0.128. The molecule has 0 spiro atoms. The maximum atomic E-state index is 5.98. The molecule has 1 saturated heterocycles. The fourth-order valence-electron chi connectivity index (χ4n) is 3.12. The van der Waals surface area contributed by atoms with Crippen LogP contribution < -0.4 is 5.73 Å². The average Bonchev–Trinajstić information content (AvgIpc) is 3.02. The van der Waals surface area contributed by atoms with Crippen LogP contribution in [0.1, 0.15) is 31.2 Å². The van der Waals surface area contributed by atoms with E-state index in [0.717, 1.165) is 31.6 Å². The van der Waals surface area contributed by atoms with Crippen molar-refractivity contribution in [2.24, 2.45) is 0 Å². The van der Waals surface area contributed by atoms with Gasteiger partial charge in [-0.1, -0.05) is 12.5 Å². The second kappa shape index (κ2) is 6.72. The van der Waals surface area contributed by atoms with Gasteiger partial charge in [-0.05, 0) is 31.9 Å². The van der Waals surface area contributed by atoms with E-state index in [1.54, 1.807) is 6.20 Å². The summed E-state index contributed by atoms with van der Waals surface area (Å²) in [6, 6.07) is 4.68. The Morgan fingerprint density at radius 3 is 3.05 bits per heavy atom. The van der Waals surface area contributed by atoms with E-state index in [2.05, 4.69) is 25.5 Å². The average molecular weight is 285 g/mol. The van der Waals surface area contributed by atoms with Crippen LogP contribution in [0.15, 0.2) is 37.1 Å². The smallest absolute Gasteiger partial charge is 0.127 e. The number of rotatable bonds is 5. The fraction of sp³-hybridized carbons (Fsp3) is 0.500. The van der Waals surface area contributed by atoms with Gasteiger partial charge in [0.05, 0.1) is 6.33 Å². The molecule has 0 aliphatic carbocycles. The molecule has 2 N–H and O–H groups in total. The lowest BCUT2D eigenvalue weighted by Gasteiger charge is -2.36. The summed E-state index contributed by atoms with van der Waals surface area (Å²) in [5.41, 5.74) is 7.13. The Hall–Kier alpha value is -1.88. The first kappa shape index (κ1) is 14.1. The van der Waals surface area contributed by atoms with Crippen LogP contribution in [-0.2, 0) is 13.1 Å². The molecule has 3 heterocycles. The lowest BCUT2D eigenvalue weighted by Crippen LogP contribution is -2.39. The maximum Gasteiger partial charge on any atom is 0.127 e. The Labute approximate surface area is 125 Å². The summed E-state index contributed by atoms with van der Waals surface area (Å²) in [6.07, 6.45) is 12.6. The molecule has 5 heteroatoms. The SMILES string of the molecule is Nc1ncccc1CN1CCCCC1CCn1ccnc1. The van der Waals surface area contributed by atoms with Gasteiger partial charge in [0.2, 0.25) is 0 Å². The zero-order chi connectivity index (χ0) is 14.5. The Bertz CT molecular complexity index is 552. The van der Waals surface area contributed by atoms with Crippen molar-refractivity contribution in [3.8, 4) is 0 Å². The van der Waals surface area contributed by atoms with E-state index in [1.807, 2.05) is 24.8 Å². The molecule has 1 aliphatic rings. The predicted molar refractivity (Wildman–Crippen MR) is 83.5 cm³/mol. The van der Waals surface area contributed by atoms with E-state index in [4.69, 9.17) is 5.73 Å². The van der Waals surface area contributed by atoms with E-state index in [0.29, 0.717) is 11.9 Å². The van der Waals surface area contributed by atoms with E-state index in [1.165, 1.54) is 19.3 Å². The number of pyridine rings is 1. The van der Waals surface area contributed by atoms with Gasteiger partial charge in [-0.15, -0.1) is 0 Å². The molecule has 2 aromatic rings. The van der Waals surface area contributed by atoms with Gasteiger partial charge >= 0.3 is 0 Å². The van der Waals surface area contributed by atoms with Crippen molar-refractivity contribution in [1.29, 1.82) is 0 Å². The van der Waals surface area contributed by atoms with Gasteiger partial charge in [-0.2, -0.15) is 0 Å². The number of nitrogens with two attached hydrogens (primary N) is 1. The second-order valence-electron chi connectivity index (χ2n) is 5.76. The minimum absolute atomic E-state index is 0.626. The number of aryl methyl sites for hydroxylation is 1. The van der Waals surface area contributed by atoms with Crippen LogP contribution in [0.5, 0.6) is 0 Å². The third kappa shape index (κ3) is 3.61. The molecule has 3 rings (SSSR count). The monoisotopic (exact) mass is 285 g/mol. The number of likely N-dealkylation sites (tertiary alicyclic amines) is 1. The minimum Gasteiger partial charge on any atom is -0.383 e. The topological polar surface area (TPSA) is 60.0 Å². The van der Waals surface area contributed by atoms with Crippen molar-refractivity contribution in [2.45, 2.75) is 44.8 Å². The summed E-state index contributed by atoms with van der Waals surface area (Å²) >= 11 is 0. The summed E-state index contributed by atoms with van der Waals surface area (Å²) < 4.78 is 2.16. The normalized spacial score (nSPS) is 19.7. The molecule has 5 nitrogen and oxygen atoms in total. The zero-order valence-corrected chi connectivity index (χ0v) is 12.4. The molecular weight excluding hydrogens is 262 g/mol. The number of nitrogen functional groups attached to an aromatic ring is 1. The number of nitrogens with zero attached hydrogens (tertiary/aromatic N) is 4. The van der Waals surface area contributed by atoms with Crippen molar-refractivity contribution >= 4 is 5.82 Å². The Morgan fingerprint density at radius 2 is 2.24 bits per heavy atom. The third-order valence-electron chi connectivity index (χ3n) is 4.33. The summed E-state index contributed by atoms with van der Waals surface area (Å²) in [6.45, 7) is 3.10. The third-order valence-corrected chi connectivity index (χ3v) is 4.33. The Kier molecular flexibility index (Phi) is 4.50. The molecule has 1 atom stereocenters. The highest BCUT2D eigenvalue weighted by Crippen LogP contribution is 2.23. The van der Waals surface area contributed by atoms with Crippen molar-refractivity contribution < 1.29 is 0 Å². The van der Waals surface area contributed by atoms with Gasteiger partial charge in [0.15, 0.2) is 0 Å². The molecular formula is C16H23N5. The van der Waals surface area contributed by atoms with Crippen molar-refractivity contribution in [3.05, 3.63) is 42.6 Å². The van der Waals surface area contributed by atoms with Crippen molar-refractivity contribution in [2.75, 3.05) is 12.3 Å². The van der Waals surface area contributed by atoms with Crippen LogP contribution in [-0.4, -0.2) is 32.0 Å². The first-order valence-electron chi connectivity index (χ1n) is 7.72. The van der Waals surface area contributed by atoms with E-state index in [-0.39, 0.29) is 0 Å². The van der Waals surface area contributed by atoms with Gasteiger partial charge in [-0.3, -0.25) is 4.90 Å². The highest BCUT2D eigenvalue weighted by Gasteiger charge is 2.22. The molecule has 0 bridgehead atoms. The van der Waals surface area contributed by atoms with Crippen LogP contribution in [0.2, 0.25) is 0 Å². The minimum atomic E-state index is 0.626. The number of aromatic nitrogens is 3. The standard InChI is InChI=1S/C16H23N5/c17-16-14(4-3-7-19-16)12-21-9-2-1-5-15(21)6-10-20-11-8-18-13-20/h3-4,7-8,11,13,15H,1-2,5-6,9-10,12H2,(H2,17,19). The first-order chi connectivity index (χ1) is 10.3. The zero-order valence-electron chi connectivity index (χ0n) is 12.4. The van der Waals surface area contributed by atoms with E-state index < -0.39 is 0 Å².